The van der Waals surface area contributed by atoms with Crippen LogP contribution < -0.4 is 15.0 Å². The van der Waals surface area contributed by atoms with Crippen molar-refractivity contribution in [2.45, 2.75) is 26.2 Å². The molecule has 1 N–H and O–H groups in total. The lowest BCUT2D eigenvalue weighted by molar-refractivity contribution is 0.154. The number of amidine groups is 1. The Hall–Kier alpha value is -2.71. The number of likely N-dealkylation sites (tertiary alicyclic amines) is 1. The lowest BCUT2D eigenvalue weighted by Crippen LogP contribution is -2.41. The summed E-state index contributed by atoms with van der Waals surface area (Å²) in [6.07, 6.45) is 7.67. The maximum absolute atomic E-state index is 5.64. The number of hydrogen-bond acceptors (Lipinski definition) is 7. The minimum Gasteiger partial charge on any atom is -0.481 e. The Morgan fingerprint density at radius 1 is 1.09 bits per heavy atom. The number of rotatable bonds is 9. The van der Waals surface area contributed by atoms with Crippen LogP contribution in [0.4, 0.5) is 11.4 Å². The summed E-state index contributed by atoms with van der Waals surface area (Å²) in [4.78, 5) is 18.7. The highest BCUT2D eigenvalue weighted by Crippen LogP contribution is 2.32. The van der Waals surface area contributed by atoms with Gasteiger partial charge in [-0.3, -0.25) is 9.98 Å². The molecule has 0 bridgehead atoms. The van der Waals surface area contributed by atoms with Gasteiger partial charge >= 0.3 is 0 Å². The minimum absolute atomic E-state index is 0.595. The lowest BCUT2D eigenvalue weighted by atomic mass is 10.1. The second-order valence-corrected chi connectivity index (χ2v) is 8.15. The normalized spacial score (nSPS) is 17.8. The molecule has 0 radical (unpaired) electrons. The summed E-state index contributed by atoms with van der Waals surface area (Å²) in [7, 11) is 1.62. The van der Waals surface area contributed by atoms with Crippen LogP contribution in [0.1, 0.15) is 26.2 Å². The first-order chi connectivity index (χ1) is 15.8. The predicted molar refractivity (Wildman–Crippen MR) is 129 cm³/mol. The predicted octanol–water partition coefficient (Wildman–Crippen LogP) is 3.31. The van der Waals surface area contributed by atoms with E-state index in [4.69, 9.17) is 14.5 Å². The smallest absolute Gasteiger partial charge is 0.212 e. The first-order valence-electron chi connectivity index (χ1n) is 11.6. The van der Waals surface area contributed by atoms with Crippen LogP contribution in [-0.4, -0.2) is 80.3 Å². The molecule has 1 saturated heterocycles. The van der Waals surface area contributed by atoms with Crippen molar-refractivity contribution in [1.82, 2.24) is 14.9 Å². The monoisotopic (exact) mass is 438 g/mol. The molecule has 1 fully saturated rings. The van der Waals surface area contributed by atoms with Crippen molar-refractivity contribution in [3.05, 3.63) is 30.6 Å². The maximum atomic E-state index is 5.64. The van der Waals surface area contributed by atoms with Gasteiger partial charge in [0.05, 0.1) is 50.1 Å². The van der Waals surface area contributed by atoms with E-state index in [-0.39, 0.29) is 0 Å². The van der Waals surface area contributed by atoms with E-state index in [0.29, 0.717) is 12.5 Å². The first-order valence-corrected chi connectivity index (χ1v) is 11.6. The zero-order chi connectivity index (χ0) is 22.2. The van der Waals surface area contributed by atoms with Gasteiger partial charge in [0.2, 0.25) is 5.88 Å². The molecule has 0 unspecified atom stereocenters. The van der Waals surface area contributed by atoms with Crippen LogP contribution in [0.25, 0.3) is 11.3 Å². The molecular weight excluding hydrogens is 404 g/mol. The summed E-state index contributed by atoms with van der Waals surface area (Å²) < 4.78 is 10.8. The number of nitrogens with zero attached hydrogens (tertiary/aromatic N) is 5. The molecule has 2 aliphatic rings. The van der Waals surface area contributed by atoms with E-state index in [0.717, 1.165) is 61.3 Å². The Bertz CT molecular complexity index is 896. The van der Waals surface area contributed by atoms with Gasteiger partial charge in [0, 0.05) is 37.5 Å². The van der Waals surface area contributed by atoms with E-state index in [1.165, 1.54) is 32.4 Å². The van der Waals surface area contributed by atoms with E-state index in [1.54, 1.807) is 13.3 Å². The summed E-state index contributed by atoms with van der Waals surface area (Å²) >= 11 is 0. The van der Waals surface area contributed by atoms with Crippen LogP contribution >= 0.6 is 0 Å². The molecule has 0 atom stereocenters. The Kier molecular flexibility index (Phi) is 7.90. The van der Waals surface area contributed by atoms with Gasteiger partial charge in [0.15, 0.2) is 0 Å². The van der Waals surface area contributed by atoms with Crippen LogP contribution in [0.2, 0.25) is 0 Å². The molecule has 0 saturated carbocycles. The van der Waals surface area contributed by atoms with Crippen molar-refractivity contribution < 1.29 is 9.47 Å². The fraction of sp³-hybridized carbons (Fsp3) is 0.542. The third-order valence-electron chi connectivity index (χ3n) is 5.96. The van der Waals surface area contributed by atoms with Gasteiger partial charge in [-0.1, -0.05) is 6.42 Å². The van der Waals surface area contributed by atoms with Gasteiger partial charge in [0.25, 0.3) is 0 Å². The highest BCUT2D eigenvalue weighted by Gasteiger charge is 2.22. The average Bonchev–Trinajstić information content (AvgIpc) is 2.85. The van der Waals surface area contributed by atoms with Gasteiger partial charge in [-0.2, -0.15) is 0 Å². The lowest BCUT2D eigenvalue weighted by Gasteiger charge is -2.33. The van der Waals surface area contributed by atoms with Crippen molar-refractivity contribution in [2.24, 2.45) is 4.99 Å². The van der Waals surface area contributed by atoms with Gasteiger partial charge in [-0.25, -0.2) is 4.98 Å². The molecular formula is C24H34N6O2. The Labute approximate surface area is 190 Å². The number of methoxy groups -OCH3 is 1. The van der Waals surface area contributed by atoms with Gasteiger partial charge in [0.1, 0.15) is 5.84 Å². The van der Waals surface area contributed by atoms with Crippen LogP contribution in [0, 0.1) is 0 Å². The SMILES string of the molecule is CCOCCN1CC(=NCCN2CCCCC2)Nc2cnc(-c3ccc(OC)nc3)cc21. The number of hydrogen-bond donors (Lipinski definition) is 1. The number of aromatic nitrogens is 2. The van der Waals surface area contributed by atoms with Crippen molar-refractivity contribution in [3.8, 4) is 17.1 Å². The molecule has 8 nitrogen and oxygen atoms in total. The number of piperidine rings is 1. The quantitative estimate of drug-likeness (QED) is 0.602. The van der Waals surface area contributed by atoms with Gasteiger partial charge < -0.3 is 24.6 Å². The van der Waals surface area contributed by atoms with Gasteiger partial charge in [-0.05, 0) is 45.0 Å². The van der Waals surface area contributed by atoms with Crippen LogP contribution in [0.5, 0.6) is 5.88 Å². The molecule has 4 rings (SSSR count). The van der Waals surface area contributed by atoms with E-state index in [2.05, 4.69) is 31.2 Å². The zero-order valence-electron chi connectivity index (χ0n) is 19.2. The molecule has 2 aliphatic heterocycles. The average molecular weight is 439 g/mol. The Balaban J connectivity index is 1.50. The number of ether oxygens (including phenoxy) is 2. The Morgan fingerprint density at radius 3 is 2.72 bits per heavy atom. The summed E-state index contributed by atoms with van der Waals surface area (Å²) in [5.41, 5.74) is 3.93. The fourth-order valence-electron chi connectivity index (χ4n) is 4.19. The molecule has 172 valence electrons. The number of aliphatic imine (C=N–C) groups is 1. The Morgan fingerprint density at radius 2 is 1.97 bits per heavy atom. The number of nitrogens with one attached hydrogen (secondary N) is 1. The minimum atomic E-state index is 0.595. The molecule has 32 heavy (non-hydrogen) atoms. The van der Waals surface area contributed by atoms with E-state index in [1.807, 2.05) is 25.3 Å². The van der Waals surface area contributed by atoms with Crippen molar-refractivity contribution in [1.29, 1.82) is 0 Å². The van der Waals surface area contributed by atoms with E-state index >= 15 is 0 Å². The number of anilines is 2. The largest absolute Gasteiger partial charge is 0.481 e. The second kappa shape index (κ2) is 11.2. The van der Waals surface area contributed by atoms with Crippen LogP contribution in [-0.2, 0) is 4.74 Å². The molecule has 2 aromatic heterocycles. The fourth-order valence-corrected chi connectivity index (χ4v) is 4.19. The highest BCUT2D eigenvalue weighted by atomic mass is 16.5. The molecule has 0 spiro atoms. The standard InChI is InChI=1S/C24H34N6O2/c1-3-32-14-13-30-18-23(25-9-12-29-10-5-4-6-11-29)28-21-17-26-20(15-22(21)30)19-7-8-24(31-2)27-16-19/h7-8,15-17H,3-6,9-14,18H2,1-2H3,(H,25,28). The summed E-state index contributed by atoms with van der Waals surface area (Å²) in [6.45, 7) is 9.22. The first kappa shape index (κ1) is 22.5. The van der Waals surface area contributed by atoms with Crippen molar-refractivity contribution >= 4 is 17.2 Å². The van der Waals surface area contributed by atoms with E-state index < -0.39 is 0 Å². The second-order valence-electron chi connectivity index (χ2n) is 8.15. The van der Waals surface area contributed by atoms with E-state index in [9.17, 15) is 0 Å². The van der Waals surface area contributed by atoms with Crippen molar-refractivity contribution in [2.75, 3.05) is 69.8 Å². The number of fused-ring (bicyclic) bond motifs is 1. The highest BCUT2D eigenvalue weighted by molar-refractivity contribution is 6.04. The zero-order valence-corrected chi connectivity index (χ0v) is 19.2. The molecule has 0 aromatic carbocycles. The third-order valence-corrected chi connectivity index (χ3v) is 5.96. The van der Waals surface area contributed by atoms with Crippen molar-refractivity contribution in [3.63, 3.8) is 0 Å². The summed E-state index contributed by atoms with van der Waals surface area (Å²) in [6, 6.07) is 5.95. The summed E-state index contributed by atoms with van der Waals surface area (Å²) in [5.74, 6) is 1.59. The van der Waals surface area contributed by atoms with Crippen LogP contribution in [0.15, 0.2) is 35.6 Å². The number of pyridine rings is 2. The maximum Gasteiger partial charge on any atom is 0.212 e. The molecule has 0 amide bonds. The summed E-state index contributed by atoms with van der Waals surface area (Å²) in [5, 5.41) is 3.50. The molecule has 2 aromatic rings. The van der Waals surface area contributed by atoms with Gasteiger partial charge in [-0.15, -0.1) is 0 Å². The topological polar surface area (TPSA) is 75.1 Å². The molecule has 8 heteroatoms. The third kappa shape index (κ3) is 5.75. The molecule has 0 aliphatic carbocycles. The molecule has 4 heterocycles. The van der Waals surface area contributed by atoms with Crippen LogP contribution in [0.3, 0.4) is 0 Å².